The first-order valence-electron chi connectivity index (χ1n) is 7.87. The van der Waals surface area contributed by atoms with Gasteiger partial charge in [-0.3, -0.25) is 4.90 Å². The second kappa shape index (κ2) is 6.74. The maximum Gasteiger partial charge on any atom is 0.129 e. The third kappa shape index (κ3) is 3.14. The molecule has 3 rings (SSSR count). The number of halogens is 1. The van der Waals surface area contributed by atoms with Crippen LogP contribution in [0.1, 0.15) is 30.4 Å². The molecule has 1 N–H and O–H groups in total. The molecule has 2 aliphatic rings. The number of nitriles is 1. The molecular formula is C17H21FN2O2. The minimum atomic E-state index is -0.329. The monoisotopic (exact) mass is 304 g/mol. The predicted molar refractivity (Wildman–Crippen MR) is 79.5 cm³/mol. The van der Waals surface area contributed by atoms with Crippen molar-refractivity contribution in [3.8, 4) is 6.07 Å². The summed E-state index contributed by atoms with van der Waals surface area (Å²) in [7, 11) is 0. The van der Waals surface area contributed by atoms with E-state index in [1.54, 1.807) is 12.1 Å². The van der Waals surface area contributed by atoms with Gasteiger partial charge in [0.15, 0.2) is 0 Å². The molecule has 3 atom stereocenters. The van der Waals surface area contributed by atoms with E-state index in [1.807, 2.05) is 6.07 Å². The molecule has 0 aromatic heterocycles. The van der Waals surface area contributed by atoms with Crippen LogP contribution in [0.2, 0.25) is 0 Å². The van der Waals surface area contributed by atoms with Gasteiger partial charge in [0, 0.05) is 30.7 Å². The van der Waals surface area contributed by atoms with Crippen LogP contribution in [0, 0.1) is 23.1 Å². The summed E-state index contributed by atoms with van der Waals surface area (Å²) in [5.41, 5.74) is 0.951. The molecule has 22 heavy (non-hydrogen) atoms. The summed E-state index contributed by atoms with van der Waals surface area (Å²) in [6.45, 7) is 2.63. The highest BCUT2D eigenvalue weighted by Gasteiger charge is 2.37. The van der Waals surface area contributed by atoms with E-state index >= 15 is 0 Å². The maximum absolute atomic E-state index is 14.1. The molecule has 0 bridgehead atoms. The molecule has 2 heterocycles. The summed E-state index contributed by atoms with van der Waals surface area (Å²) in [6.07, 6.45) is 2.43. The quantitative estimate of drug-likeness (QED) is 0.928. The lowest BCUT2D eigenvalue weighted by Crippen LogP contribution is -2.45. The number of aliphatic hydroxyl groups is 1. The molecule has 0 radical (unpaired) electrons. The van der Waals surface area contributed by atoms with E-state index in [4.69, 9.17) is 10.00 Å². The molecule has 5 heteroatoms. The third-order valence-electron chi connectivity index (χ3n) is 4.83. The van der Waals surface area contributed by atoms with Gasteiger partial charge in [-0.2, -0.15) is 5.26 Å². The minimum absolute atomic E-state index is 0.109. The third-order valence-corrected chi connectivity index (χ3v) is 4.83. The van der Waals surface area contributed by atoms with Crippen LogP contribution in [0.15, 0.2) is 18.2 Å². The van der Waals surface area contributed by atoms with Crippen molar-refractivity contribution >= 4 is 0 Å². The molecule has 2 fully saturated rings. The predicted octanol–water partition coefficient (Wildman–Crippen LogP) is 2.06. The van der Waals surface area contributed by atoms with E-state index in [0.717, 1.165) is 19.4 Å². The van der Waals surface area contributed by atoms with E-state index in [0.29, 0.717) is 37.3 Å². The summed E-state index contributed by atoms with van der Waals surface area (Å²) in [4.78, 5) is 2.24. The number of aliphatic hydroxyl groups excluding tert-OH is 1. The van der Waals surface area contributed by atoms with E-state index in [1.165, 1.54) is 6.07 Å². The number of hydrogen-bond donors (Lipinski definition) is 1. The summed E-state index contributed by atoms with van der Waals surface area (Å²) in [5, 5.41) is 19.0. The Morgan fingerprint density at radius 2 is 2.27 bits per heavy atom. The van der Waals surface area contributed by atoms with Crippen molar-refractivity contribution in [3.05, 3.63) is 35.1 Å². The Morgan fingerprint density at radius 3 is 3.00 bits per heavy atom. The fourth-order valence-electron chi connectivity index (χ4n) is 3.61. The second-order valence-corrected chi connectivity index (χ2v) is 6.19. The lowest BCUT2D eigenvalue weighted by atomic mass is 9.89. The molecule has 118 valence electrons. The van der Waals surface area contributed by atoms with Crippen LogP contribution < -0.4 is 0 Å². The summed E-state index contributed by atoms with van der Waals surface area (Å²) in [6, 6.07) is 6.83. The van der Waals surface area contributed by atoms with Gasteiger partial charge in [0.2, 0.25) is 0 Å². The first kappa shape index (κ1) is 15.4. The Bertz CT molecular complexity index is 572. The molecule has 4 nitrogen and oxygen atoms in total. The molecule has 2 aliphatic heterocycles. The zero-order valence-corrected chi connectivity index (χ0v) is 12.5. The fourth-order valence-corrected chi connectivity index (χ4v) is 3.61. The zero-order chi connectivity index (χ0) is 15.5. The van der Waals surface area contributed by atoms with Crippen LogP contribution in [0.25, 0.3) is 0 Å². The van der Waals surface area contributed by atoms with Crippen molar-refractivity contribution in [2.45, 2.75) is 38.0 Å². The molecule has 0 aliphatic carbocycles. The minimum Gasteiger partial charge on any atom is -0.393 e. The molecule has 1 aromatic carbocycles. The van der Waals surface area contributed by atoms with Gasteiger partial charge in [0.05, 0.1) is 24.3 Å². The molecular weight excluding hydrogens is 283 g/mol. The zero-order valence-electron chi connectivity index (χ0n) is 12.5. The van der Waals surface area contributed by atoms with Gasteiger partial charge in [-0.1, -0.05) is 6.07 Å². The Hall–Kier alpha value is -1.48. The smallest absolute Gasteiger partial charge is 0.129 e. The van der Waals surface area contributed by atoms with Gasteiger partial charge in [-0.15, -0.1) is 0 Å². The van der Waals surface area contributed by atoms with Gasteiger partial charge < -0.3 is 9.84 Å². The highest BCUT2D eigenvalue weighted by molar-refractivity contribution is 5.32. The standard InChI is InChI=1S/C17H21FN2O2/c18-15-8-12(9-19)3-4-13(15)10-20-6-1-2-16(20)14-11-22-7-5-17(14)21/h3-4,8,14,16-17,21H,1-2,5-7,10-11H2. The first-order valence-corrected chi connectivity index (χ1v) is 7.87. The lowest BCUT2D eigenvalue weighted by molar-refractivity contribution is -0.0636. The van der Waals surface area contributed by atoms with Crippen molar-refractivity contribution < 1.29 is 14.2 Å². The molecule has 1 aromatic rings. The molecule has 0 spiro atoms. The van der Waals surface area contributed by atoms with Crippen LogP contribution in [0.4, 0.5) is 4.39 Å². The average Bonchev–Trinajstić information content (AvgIpc) is 2.98. The molecule has 0 saturated carbocycles. The van der Waals surface area contributed by atoms with E-state index in [9.17, 15) is 9.50 Å². The molecule has 2 saturated heterocycles. The summed E-state index contributed by atoms with van der Waals surface area (Å²) < 4.78 is 19.6. The van der Waals surface area contributed by atoms with Crippen molar-refractivity contribution in [1.82, 2.24) is 4.90 Å². The second-order valence-electron chi connectivity index (χ2n) is 6.19. The SMILES string of the molecule is N#Cc1ccc(CN2CCCC2C2COCCC2O)c(F)c1. The van der Waals surface area contributed by atoms with Crippen LogP contribution in [-0.4, -0.2) is 41.9 Å². The van der Waals surface area contributed by atoms with Gasteiger partial charge in [0.1, 0.15) is 5.82 Å². The Balaban J connectivity index is 1.72. The van der Waals surface area contributed by atoms with Gasteiger partial charge in [-0.25, -0.2) is 4.39 Å². The highest BCUT2D eigenvalue weighted by Crippen LogP contribution is 2.31. The summed E-state index contributed by atoms with van der Waals surface area (Å²) >= 11 is 0. The Kier molecular flexibility index (Phi) is 4.72. The fraction of sp³-hybridized carbons (Fsp3) is 0.588. The number of likely N-dealkylation sites (tertiary alicyclic amines) is 1. The number of benzene rings is 1. The van der Waals surface area contributed by atoms with Crippen LogP contribution in [0.5, 0.6) is 0 Å². The first-order chi connectivity index (χ1) is 10.7. The van der Waals surface area contributed by atoms with Crippen LogP contribution in [-0.2, 0) is 11.3 Å². The Morgan fingerprint density at radius 1 is 1.41 bits per heavy atom. The van der Waals surface area contributed by atoms with E-state index in [-0.39, 0.29) is 23.9 Å². The molecule has 0 amide bonds. The van der Waals surface area contributed by atoms with Gasteiger partial charge in [0.25, 0.3) is 0 Å². The van der Waals surface area contributed by atoms with Crippen molar-refractivity contribution in [1.29, 1.82) is 5.26 Å². The van der Waals surface area contributed by atoms with Crippen molar-refractivity contribution in [3.63, 3.8) is 0 Å². The van der Waals surface area contributed by atoms with Crippen molar-refractivity contribution in [2.24, 2.45) is 5.92 Å². The van der Waals surface area contributed by atoms with E-state index < -0.39 is 0 Å². The van der Waals surface area contributed by atoms with Crippen molar-refractivity contribution in [2.75, 3.05) is 19.8 Å². The van der Waals surface area contributed by atoms with E-state index in [2.05, 4.69) is 4.90 Å². The average molecular weight is 304 g/mol. The van der Waals surface area contributed by atoms with Gasteiger partial charge >= 0.3 is 0 Å². The number of hydrogen-bond acceptors (Lipinski definition) is 4. The normalized spacial score (nSPS) is 29.4. The largest absolute Gasteiger partial charge is 0.393 e. The Labute approximate surface area is 130 Å². The number of nitrogens with zero attached hydrogens (tertiary/aromatic N) is 2. The number of ether oxygens (including phenoxy) is 1. The highest BCUT2D eigenvalue weighted by atomic mass is 19.1. The molecule has 3 unspecified atom stereocenters. The summed E-state index contributed by atoms with van der Waals surface area (Å²) in [5.74, 6) is -0.220. The number of rotatable bonds is 3. The van der Waals surface area contributed by atoms with Crippen LogP contribution >= 0.6 is 0 Å². The van der Waals surface area contributed by atoms with Gasteiger partial charge in [-0.05, 0) is 37.9 Å². The maximum atomic E-state index is 14.1. The topological polar surface area (TPSA) is 56.5 Å². The lowest BCUT2D eigenvalue weighted by Gasteiger charge is -2.37. The van der Waals surface area contributed by atoms with Crippen LogP contribution in [0.3, 0.4) is 0 Å².